The lowest BCUT2D eigenvalue weighted by atomic mass is 9.94. The first-order valence-electron chi connectivity index (χ1n) is 18.4. The quantitative estimate of drug-likeness (QED) is 0.166. The third-order valence-electron chi connectivity index (χ3n) is 10.1. The fourth-order valence-electron chi connectivity index (χ4n) is 7.40. The molecule has 0 N–H and O–H groups in total. The molecule has 0 aliphatic heterocycles. The molecule has 0 aliphatic carbocycles. The zero-order valence-electron chi connectivity index (χ0n) is 29.8. The molecule has 0 saturated heterocycles. The summed E-state index contributed by atoms with van der Waals surface area (Å²) in [6, 6.07) is 69.0. The number of furan rings is 1. The Balaban J connectivity index is 1.06. The van der Waals surface area contributed by atoms with Crippen LogP contribution >= 0.6 is 0 Å². The third-order valence-corrected chi connectivity index (χ3v) is 10.1. The second-order valence-electron chi connectivity index (χ2n) is 13.6. The van der Waals surface area contributed by atoms with E-state index in [1.54, 1.807) is 0 Å². The van der Waals surface area contributed by atoms with Crippen LogP contribution < -0.4 is 0 Å². The predicted molar refractivity (Wildman–Crippen MR) is 225 cm³/mol. The lowest BCUT2D eigenvalue weighted by Crippen LogP contribution is -1.95. The van der Waals surface area contributed by atoms with Crippen molar-refractivity contribution in [1.29, 1.82) is 0 Å². The van der Waals surface area contributed by atoms with Crippen molar-refractivity contribution in [1.82, 2.24) is 15.0 Å². The highest BCUT2D eigenvalue weighted by molar-refractivity contribution is 6.18. The van der Waals surface area contributed by atoms with Gasteiger partial charge in [-0.3, -0.25) is 0 Å². The molecular weight excluding hydrogens is 671 g/mol. The summed E-state index contributed by atoms with van der Waals surface area (Å²) in [5.41, 5.74) is 13.8. The van der Waals surface area contributed by atoms with Gasteiger partial charge in [-0.15, -0.1) is 0 Å². The molecule has 10 rings (SSSR count). The van der Waals surface area contributed by atoms with E-state index in [1.165, 1.54) is 0 Å². The SMILES string of the molecule is c1ccc(-c2cc(-c3ccc(-c4ccc(-c5c(-c6ccccc6)oc6c(-c7ccccc7)nc7ccccc7c56)cc4)cc3)nc(-c3ccccc3)n2)cc1. The van der Waals surface area contributed by atoms with E-state index in [1.807, 2.05) is 66.7 Å². The summed E-state index contributed by atoms with van der Waals surface area (Å²) in [4.78, 5) is 15.1. The highest BCUT2D eigenvalue weighted by Gasteiger charge is 2.24. The molecule has 0 spiro atoms. The molecule has 3 heterocycles. The van der Waals surface area contributed by atoms with Crippen LogP contribution in [-0.2, 0) is 0 Å². The number of fused-ring (bicyclic) bond motifs is 3. The highest BCUT2D eigenvalue weighted by atomic mass is 16.3. The number of pyridine rings is 1. The lowest BCUT2D eigenvalue weighted by molar-refractivity contribution is 0.632. The fourth-order valence-corrected chi connectivity index (χ4v) is 7.40. The van der Waals surface area contributed by atoms with Crippen LogP contribution in [0.2, 0.25) is 0 Å². The number of aromatic nitrogens is 3. The van der Waals surface area contributed by atoms with E-state index in [9.17, 15) is 0 Å². The molecule has 0 fully saturated rings. The van der Waals surface area contributed by atoms with Crippen molar-refractivity contribution >= 4 is 21.9 Å². The van der Waals surface area contributed by atoms with E-state index in [4.69, 9.17) is 19.4 Å². The summed E-state index contributed by atoms with van der Waals surface area (Å²) in [5, 5.41) is 2.13. The first kappa shape index (κ1) is 32.2. The van der Waals surface area contributed by atoms with E-state index in [0.29, 0.717) is 5.82 Å². The summed E-state index contributed by atoms with van der Waals surface area (Å²) in [6.07, 6.45) is 0. The van der Waals surface area contributed by atoms with Gasteiger partial charge in [-0.05, 0) is 28.8 Å². The normalized spacial score (nSPS) is 11.3. The average molecular weight is 704 g/mol. The van der Waals surface area contributed by atoms with Crippen molar-refractivity contribution in [3.8, 4) is 78.7 Å². The number of para-hydroxylation sites is 1. The minimum atomic E-state index is 0.706. The summed E-state index contributed by atoms with van der Waals surface area (Å²) >= 11 is 0. The Hall–Kier alpha value is -7.43. The number of hydrogen-bond donors (Lipinski definition) is 0. The maximum absolute atomic E-state index is 6.90. The van der Waals surface area contributed by atoms with Crippen molar-refractivity contribution in [2.24, 2.45) is 0 Å². The van der Waals surface area contributed by atoms with Crippen LogP contribution in [0.1, 0.15) is 0 Å². The largest absolute Gasteiger partial charge is 0.453 e. The second-order valence-corrected chi connectivity index (χ2v) is 13.6. The van der Waals surface area contributed by atoms with Crippen molar-refractivity contribution in [2.45, 2.75) is 0 Å². The Morgan fingerprint density at radius 1 is 0.345 bits per heavy atom. The van der Waals surface area contributed by atoms with Gasteiger partial charge in [0.25, 0.3) is 0 Å². The smallest absolute Gasteiger partial charge is 0.162 e. The van der Waals surface area contributed by atoms with Crippen LogP contribution in [0.25, 0.3) is 101 Å². The molecule has 0 amide bonds. The lowest BCUT2D eigenvalue weighted by Gasteiger charge is -2.11. The first-order valence-corrected chi connectivity index (χ1v) is 18.4. The molecule has 3 aromatic heterocycles. The number of hydrogen-bond acceptors (Lipinski definition) is 4. The molecule has 258 valence electrons. The fraction of sp³-hybridized carbons (Fsp3) is 0. The predicted octanol–water partition coefficient (Wildman–Crippen LogP) is 13.4. The zero-order valence-corrected chi connectivity index (χ0v) is 29.8. The van der Waals surface area contributed by atoms with E-state index >= 15 is 0 Å². The van der Waals surface area contributed by atoms with Gasteiger partial charge in [0.1, 0.15) is 11.5 Å². The molecule has 0 atom stereocenters. The zero-order chi connectivity index (χ0) is 36.6. The maximum Gasteiger partial charge on any atom is 0.162 e. The van der Waals surface area contributed by atoms with Gasteiger partial charge in [-0.25, -0.2) is 15.0 Å². The number of rotatable bonds is 7. The molecular formula is C51H33N3O. The maximum atomic E-state index is 6.90. The van der Waals surface area contributed by atoms with Crippen molar-refractivity contribution < 1.29 is 4.42 Å². The minimum absolute atomic E-state index is 0.706. The van der Waals surface area contributed by atoms with E-state index in [0.717, 1.165) is 94.8 Å². The van der Waals surface area contributed by atoms with Crippen LogP contribution in [0.3, 0.4) is 0 Å². The Labute approximate surface area is 319 Å². The first-order chi connectivity index (χ1) is 27.3. The van der Waals surface area contributed by atoms with Crippen LogP contribution in [-0.4, -0.2) is 15.0 Å². The molecule has 55 heavy (non-hydrogen) atoms. The van der Waals surface area contributed by atoms with Gasteiger partial charge in [0.15, 0.2) is 11.4 Å². The molecule has 0 bridgehead atoms. The minimum Gasteiger partial charge on any atom is -0.453 e. The third kappa shape index (κ3) is 6.06. The topological polar surface area (TPSA) is 51.8 Å². The molecule has 0 aliphatic rings. The van der Waals surface area contributed by atoms with Crippen molar-refractivity contribution in [2.75, 3.05) is 0 Å². The van der Waals surface area contributed by atoms with E-state index in [-0.39, 0.29) is 0 Å². The van der Waals surface area contributed by atoms with Crippen LogP contribution in [0.5, 0.6) is 0 Å². The van der Waals surface area contributed by atoms with Gasteiger partial charge in [-0.2, -0.15) is 0 Å². The molecule has 4 nitrogen and oxygen atoms in total. The van der Waals surface area contributed by atoms with Crippen LogP contribution in [0.15, 0.2) is 205 Å². The van der Waals surface area contributed by atoms with Crippen LogP contribution in [0, 0.1) is 0 Å². The van der Waals surface area contributed by atoms with Crippen molar-refractivity contribution in [3.05, 3.63) is 200 Å². The summed E-state index contributed by atoms with van der Waals surface area (Å²) in [6.45, 7) is 0. The molecule has 10 aromatic rings. The Kier molecular flexibility index (Phi) is 8.12. The number of nitrogens with zero attached hydrogens (tertiary/aromatic N) is 3. The Bertz CT molecular complexity index is 2870. The Morgan fingerprint density at radius 2 is 0.800 bits per heavy atom. The van der Waals surface area contributed by atoms with E-state index < -0.39 is 0 Å². The molecule has 4 heteroatoms. The summed E-state index contributed by atoms with van der Waals surface area (Å²) in [7, 11) is 0. The van der Waals surface area contributed by atoms with Gasteiger partial charge in [0.2, 0.25) is 0 Å². The molecule has 0 unspecified atom stereocenters. The van der Waals surface area contributed by atoms with Crippen molar-refractivity contribution in [3.63, 3.8) is 0 Å². The second kappa shape index (κ2) is 13.8. The number of benzene rings is 7. The Morgan fingerprint density at radius 3 is 1.40 bits per heavy atom. The monoisotopic (exact) mass is 703 g/mol. The molecule has 0 radical (unpaired) electrons. The standard InChI is InChI=1S/C51H33N3O/c1-5-15-36(16-6-1)44-33-45(54-51(53-44)41-21-11-4-12-22-41)37-29-25-34(26-30-37)35-27-31-38(32-28-35)46-47-42-23-13-14-24-43(42)52-48(39-17-7-2-8-18-39)50(47)55-49(46)40-19-9-3-10-20-40/h1-33H. The van der Waals surface area contributed by atoms with Gasteiger partial charge in [0.05, 0.1) is 16.9 Å². The van der Waals surface area contributed by atoms with Gasteiger partial charge in [-0.1, -0.05) is 188 Å². The molecule has 7 aromatic carbocycles. The van der Waals surface area contributed by atoms with Gasteiger partial charge < -0.3 is 4.42 Å². The summed E-state index contributed by atoms with van der Waals surface area (Å²) in [5.74, 6) is 1.54. The highest BCUT2D eigenvalue weighted by Crippen LogP contribution is 2.46. The van der Waals surface area contributed by atoms with E-state index in [2.05, 4.69) is 133 Å². The average Bonchev–Trinajstić information content (AvgIpc) is 3.68. The van der Waals surface area contributed by atoms with Gasteiger partial charge >= 0.3 is 0 Å². The van der Waals surface area contributed by atoms with Gasteiger partial charge in [0, 0.05) is 44.2 Å². The molecule has 0 saturated carbocycles. The van der Waals surface area contributed by atoms with Crippen LogP contribution in [0.4, 0.5) is 0 Å². The summed E-state index contributed by atoms with van der Waals surface area (Å²) < 4.78 is 6.90.